The summed E-state index contributed by atoms with van der Waals surface area (Å²) >= 11 is 0. The van der Waals surface area contributed by atoms with Crippen molar-refractivity contribution in [3.63, 3.8) is 0 Å². The van der Waals surface area contributed by atoms with Gasteiger partial charge in [0.2, 0.25) is 0 Å². The predicted molar refractivity (Wildman–Crippen MR) is 120 cm³/mol. The fourth-order valence-electron chi connectivity index (χ4n) is 4.24. The van der Waals surface area contributed by atoms with E-state index in [0.29, 0.717) is 0 Å². The lowest BCUT2D eigenvalue weighted by Gasteiger charge is -2.27. The number of hydrogen-bond acceptors (Lipinski definition) is 2. The predicted octanol–water partition coefficient (Wildman–Crippen LogP) is 4.99. The van der Waals surface area contributed by atoms with Crippen molar-refractivity contribution in [1.82, 2.24) is 15.2 Å². The topological polar surface area (TPSA) is 30.2 Å². The Balaban J connectivity index is 1.62. The van der Waals surface area contributed by atoms with Gasteiger partial charge in [-0.2, -0.15) is 0 Å². The molecule has 0 N–H and O–H groups in total. The fourth-order valence-corrected chi connectivity index (χ4v) is 4.24. The van der Waals surface area contributed by atoms with Gasteiger partial charge in [-0.25, -0.2) is 5.32 Å². The van der Waals surface area contributed by atoms with Gasteiger partial charge in [-0.15, -0.1) is 0 Å². The zero-order valence-electron chi connectivity index (χ0n) is 16.5. The van der Waals surface area contributed by atoms with Gasteiger partial charge in [0.05, 0.1) is 5.52 Å². The molecule has 0 atom stereocenters. The number of piperazine rings is 1. The maximum Gasteiger partial charge on any atom is 0.0780 e. The van der Waals surface area contributed by atoms with Crippen LogP contribution in [0.5, 0.6) is 0 Å². The Morgan fingerprint density at radius 3 is 2.14 bits per heavy atom. The van der Waals surface area contributed by atoms with Gasteiger partial charge in [-0.1, -0.05) is 72.8 Å². The molecule has 3 nitrogen and oxygen atoms in total. The molecular weight excluding hydrogens is 354 g/mol. The van der Waals surface area contributed by atoms with Crippen molar-refractivity contribution >= 4 is 10.9 Å². The van der Waals surface area contributed by atoms with Crippen molar-refractivity contribution in [1.29, 1.82) is 0 Å². The van der Waals surface area contributed by atoms with Crippen molar-refractivity contribution < 1.29 is 0 Å². The summed E-state index contributed by atoms with van der Waals surface area (Å²) in [4.78, 5) is 7.20. The number of para-hydroxylation sites is 1. The van der Waals surface area contributed by atoms with E-state index in [4.69, 9.17) is 0 Å². The van der Waals surface area contributed by atoms with Crippen LogP contribution in [0.3, 0.4) is 0 Å². The Labute approximate surface area is 172 Å². The third-order valence-corrected chi connectivity index (χ3v) is 5.70. The van der Waals surface area contributed by atoms with Gasteiger partial charge >= 0.3 is 0 Å². The molecule has 1 fully saturated rings. The first-order chi connectivity index (χ1) is 14.4. The minimum Gasteiger partial charge on any atom is -0.296 e. The minimum absolute atomic E-state index is 0.945. The summed E-state index contributed by atoms with van der Waals surface area (Å²) in [6.07, 6.45) is 1.88. The summed E-state index contributed by atoms with van der Waals surface area (Å²) < 4.78 is 0. The standard InChI is InChI=1S/C26H24N3/c1-2-10-22(21(7-1)19-29-17-15-27-16-18-29)23-11-3-4-12-24(23)25-13-5-8-20-9-6-14-28-26(20)25/h1-14H,15-19H2. The lowest BCUT2D eigenvalue weighted by Crippen LogP contribution is -2.39. The highest BCUT2D eigenvalue weighted by Gasteiger charge is 2.16. The van der Waals surface area contributed by atoms with Crippen LogP contribution < -0.4 is 5.32 Å². The molecule has 0 bridgehead atoms. The van der Waals surface area contributed by atoms with Crippen LogP contribution in [-0.2, 0) is 6.54 Å². The lowest BCUT2D eigenvalue weighted by atomic mass is 9.90. The highest BCUT2D eigenvalue weighted by Crippen LogP contribution is 2.37. The molecule has 5 rings (SSSR count). The fraction of sp³-hybridized carbons (Fsp3) is 0.192. The number of aromatic nitrogens is 1. The normalized spacial score (nSPS) is 14.9. The van der Waals surface area contributed by atoms with Crippen LogP contribution >= 0.6 is 0 Å². The number of pyridine rings is 1. The van der Waals surface area contributed by atoms with Gasteiger partial charge in [0.25, 0.3) is 0 Å². The molecule has 0 spiro atoms. The van der Waals surface area contributed by atoms with E-state index in [9.17, 15) is 0 Å². The summed E-state index contributed by atoms with van der Waals surface area (Å²) in [5.74, 6) is 0. The highest BCUT2D eigenvalue weighted by atomic mass is 15.2. The molecule has 1 radical (unpaired) electrons. The van der Waals surface area contributed by atoms with Gasteiger partial charge < -0.3 is 0 Å². The summed E-state index contributed by atoms with van der Waals surface area (Å²) in [5.41, 5.74) is 7.41. The second kappa shape index (κ2) is 8.16. The van der Waals surface area contributed by atoms with Crippen LogP contribution in [0.1, 0.15) is 5.56 Å². The molecule has 0 unspecified atom stereocenters. The van der Waals surface area contributed by atoms with Crippen molar-refractivity contribution in [3.8, 4) is 22.3 Å². The first kappa shape index (κ1) is 18.0. The molecule has 0 aliphatic carbocycles. The molecule has 1 saturated heterocycles. The molecule has 1 aliphatic rings. The van der Waals surface area contributed by atoms with E-state index in [-0.39, 0.29) is 0 Å². The van der Waals surface area contributed by atoms with E-state index in [1.807, 2.05) is 12.3 Å². The van der Waals surface area contributed by atoms with Gasteiger partial charge in [0.15, 0.2) is 0 Å². The van der Waals surface area contributed by atoms with Crippen molar-refractivity contribution in [2.45, 2.75) is 6.54 Å². The second-order valence-corrected chi connectivity index (χ2v) is 7.53. The van der Waals surface area contributed by atoms with Crippen LogP contribution in [0.15, 0.2) is 85.1 Å². The Kier molecular flexibility index (Phi) is 5.08. The maximum absolute atomic E-state index is 4.69. The molecule has 4 aromatic rings. The SMILES string of the molecule is c1ccc(-c2ccccc2-c2cccc3cccnc23)c(CN2CC[N]CC2)c1. The molecule has 0 amide bonds. The molecule has 3 aromatic carbocycles. The number of hydrogen-bond donors (Lipinski definition) is 0. The molecule has 2 heterocycles. The molecular formula is C26H24N3. The second-order valence-electron chi connectivity index (χ2n) is 7.53. The van der Waals surface area contributed by atoms with Crippen LogP contribution in [0.2, 0.25) is 0 Å². The van der Waals surface area contributed by atoms with E-state index in [1.165, 1.54) is 33.2 Å². The van der Waals surface area contributed by atoms with E-state index >= 15 is 0 Å². The number of nitrogens with zero attached hydrogens (tertiary/aromatic N) is 3. The zero-order valence-corrected chi connectivity index (χ0v) is 16.5. The number of rotatable bonds is 4. The number of fused-ring (bicyclic) bond motifs is 1. The molecule has 1 aromatic heterocycles. The van der Waals surface area contributed by atoms with Gasteiger partial charge in [-0.3, -0.25) is 9.88 Å². The summed E-state index contributed by atoms with van der Waals surface area (Å²) in [6.45, 7) is 4.95. The molecule has 3 heteroatoms. The van der Waals surface area contributed by atoms with E-state index < -0.39 is 0 Å². The maximum atomic E-state index is 4.69. The third-order valence-electron chi connectivity index (χ3n) is 5.70. The smallest absolute Gasteiger partial charge is 0.0780 e. The summed E-state index contributed by atoms with van der Waals surface area (Å²) in [7, 11) is 0. The van der Waals surface area contributed by atoms with E-state index in [2.05, 4.69) is 88.0 Å². The summed E-state index contributed by atoms with van der Waals surface area (Å²) in [5, 5.41) is 5.66. The van der Waals surface area contributed by atoms with E-state index in [1.54, 1.807) is 0 Å². The van der Waals surface area contributed by atoms with Crippen molar-refractivity contribution in [2.24, 2.45) is 0 Å². The average molecular weight is 378 g/mol. The Bertz CT molecular complexity index is 1120. The van der Waals surface area contributed by atoms with Gasteiger partial charge in [-0.05, 0) is 28.3 Å². The summed E-state index contributed by atoms with van der Waals surface area (Å²) in [6, 6.07) is 28.1. The van der Waals surface area contributed by atoms with Crippen LogP contribution in [0.25, 0.3) is 33.2 Å². The first-order valence-electron chi connectivity index (χ1n) is 10.3. The number of benzene rings is 3. The largest absolute Gasteiger partial charge is 0.296 e. The first-order valence-corrected chi connectivity index (χ1v) is 10.3. The minimum atomic E-state index is 0.945. The van der Waals surface area contributed by atoms with Crippen molar-refractivity contribution in [3.05, 3.63) is 90.6 Å². The van der Waals surface area contributed by atoms with E-state index in [0.717, 1.165) is 38.2 Å². The zero-order chi connectivity index (χ0) is 19.5. The highest BCUT2D eigenvalue weighted by molar-refractivity contribution is 5.98. The molecule has 1 aliphatic heterocycles. The molecule has 29 heavy (non-hydrogen) atoms. The lowest BCUT2D eigenvalue weighted by molar-refractivity contribution is 0.231. The van der Waals surface area contributed by atoms with Crippen molar-refractivity contribution in [2.75, 3.05) is 26.2 Å². The monoisotopic (exact) mass is 378 g/mol. The van der Waals surface area contributed by atoms with Crippen LogP contribution in [-0.4, -0.2) is 36.1 Å². The van der Waals surface area contributed by atoms with Gasteiger partial charge in [0.1, 0.15) is 0 Å². The van der Waals surface area contributed by atoms with Gasteiger partial charge in [0, 0.05) is 49.9 Å². The van der Waals surface area contributed by atoms with Crippen LogP contribution in [0, 0.1) is 0 Å². The molecule has 143 valence electrons. The third kappa shape index (κ3) is 3.67. The Morgan fingerprint density at radius 1 is 0.655 bits per heavy atom. The Morgan fingerprint density at radius 2 is 1.31 bits per heavy atom. The average Bonchev–Trinajstić information content (AvgIpc) is 2.80. The Hall–Kier alpha value is -3.01. The quantitative estimate of drug-likeness (QED) is 0.501. The van der Waals surface area contributed by atoms with Crippen LogP contribution in [0.4, 0.5) is 0 Å². The molecule has 0 saturated carbocycles.